The first-order valence-electron chi connectivity index (χ1n) is 12.6. The first kappa shape index (κ1) is 29.1. The van der Waals surface area contributed by atoms with Crippen LogP contribution in [0.3, 0.4) is 0 Å². The number of aromatic nitrogens is 1. The van der Waals surface area contributed by atoms with Gasteiger partial charge in [0.25, 0.3) is 5.91 Å². The summed E-state index contributed by atoms with van der Waals surface area (Å²) >= 11 is 0. The number of aliphatic hydroxyl groups is 1. The minimum Gasteiger partial charge on any atom is -0.472 e. The van der Waals surface area contributed by atoms with E-state index < -0.39 is 50.5 Å². The number of ether oxygens (including phenoxy) is 1. The summed E-state index contributed by atoms with van der Waals surface area (Å²) in [5.74, 6) is 3.30. The Bertz CT molecular complexity index is 1570. The van der Waals surface area contributed by atoms with Crippen LogP contribution in [-0.4, -0.2) is 72.5 Å². The standard InChI is InChI=1S/C29H29F2N3O5S/c1-19-16-34(20(2)18-35)29(36)23-14-21(12-13-22-8-4-5-9-24(22)30)15-32-28(23)39-26(19)17-33(3)40(37,38)27-11-7-6-10-25(27)31/h4-11,14-15,19-20,26,35H,16-18H2,1-3H3/t19-,20-,26+/m1/s1. The fraction of sp³-hybridized carbons (Fsp3) is 0.310. The number of sulfonamides is 1. The third kappa shape index (κ3) is 6.14. The van der Waals surface area contributed by atoms with Gasteiger partial charge in [-0.15, -0.1) is 0 Å². The van der Waals surface area contributed by atoms with E-state index in [4.69, 9.17) is 4.74 Å². The lowest BCUT2D eigenvalue weighted by molar-refractivity contribution is 0.0373. The first-order valence-corrected chi connectivity index (χ1v) is 14.0. The molecule has 0 bridgehead atoms. The van der Waals surface area contributed by atoms with Crippen molar-refractivity contribution < 1.29 is 31.8 Å². The highest BCUT2D eigenvalue weighted by Crippen LogP contribution is 2.28. The number of rotatable bonds is 6. The molecule has 0 radical (unpaired) electrons. The molecule has 1 aromatic heterocycles. The quantitative estimate of drug-likeness (QED) is 0.458. The number of aliphatic hydroxyl groups excluding tert-OH is 1. The third-order valence-corrected chi connectivity index (χ3v) is 8.55. The second-order valence-electron chi connectivity index (χ2n) is 9.65. The lowest BCUT2D eigenvalue weighted by Gasteiger charge is -2.37. The zero-order valence-corrected chi connectivity index (χ0v) is 23.0. The highest BCUT2D eigenvalue weighted by atomic mass is 32.2. The summed E-state index contributed by atoms with van der Waals surface area (Å²) < 4.78 is 61.7. The molecule has 1 aliphatic heterocycles. The molecule has 2 aromatic carbocycles. The molecule has 210 valence electrons. The Morgan fingerprint density at radius 2 is 1.82 bits per heavy atom. The van der Waals surface area contributed by atoms with Gasteiger partial charge in [-0.2, -0.15) is 4.31 Å². The van der Waals surface area contributed by atoms with E-state index in [0.717, 1.165) is 10.4 Å². The molecule has 3 aromatic rings. The number of hydrogen-bond donors (Lipinski definition) is 1. The number of pyridine rings is 1. The van der Waals surface area contributed by atoms with Crippen LogP contribution in [0.1, 0.15) is 35.3 Å². The number of nitrogens with zero attached hydrogens (tertiary/aromatic N) is 3. The van der Waals surface area contributed by atoms with Crippen molar-refractivity contribution in [1.82, 2.24) is 14.2 Å². The molecule has 1 aliphatic rings. The monoisotopic (exact) mass is 569 g/mol. The molecule has 2 heterocycles. The van der Waals surface area contributed by atoms with Crippen LogP contribution in [0.2, 0.25) is 0 Å². The Morgan fingerprint density at radius 1 is 1.15 bits per heavy atom. The Balaban J connectivity index is 1.70. The molecule has 0 fully saturated rings. The maximum absolute atomic E-state index is 14.3. The zero-order chi connectivity index (χ0) is 29.0. The highest BCUT2D eigenvalue weighted by Gasteiger charge is 2.36. The number of hydrogen-bond acceptors (Lipinski definition) is 6. The second kappa shape index (κ2) is 12.1. The van der Waals surface area contributed by atoms with E-state index in [1.54, 1.807) is 26.0 Å². The number of fused-ring (bicyclic) bond motifs is 1. The normalized spacial score (nSPS) is 18.2. The van der Waals surface area contributed by atoms with E-state index in [2.05, 4.69) is 16.8 Å². The highest BCUT2D eigenvalue weighted by molar-refractivity contribution is 7.89. The van der Waals surface area contributed by atoms with Gasteiger partial charge in [-0.3, -0.25) is 4.79 Å². The van der Waals surface area contributed by atoms with Crippen molar-refractivity contribution in [2.45, 2.75) is 30.9 Å². The number of likely N-dealkylation sites (N-methyl/N-ethyl adjacent to an activating group) is 1. The molecule has 1 N–H and O–H groups in total. The molecule has 0 spiro atoms. The molecule has 0 saturated carbocycles. The van der Waals surface area contributed by atoms with Crippen LogP contribution in [0.5, 0.6) is 5.88 Å². The average molecular weight is 570 g/mol. The van der Waals surface area contributed by atoms with E-state index in [-0.39, 0.29) is 36.7 Å². The van der Waals surface area contributed by atoms with Gasteiger partial charge in [0.15, 0.2) is 0 Å². The van der Waals surface area contributed by atoms with Crippen molar-refractivity contribution >= 4 is 15.9 Å². The number of halogens is 2. The van der Waals surface area contributed by atoms with E-state index in [1.165, 1.54) is 54.5 Å². The molecule has 0 aliphatic carbocycles. The lowest BCUT2D eigenvalue weighted by Crippen LogP contribution is -2.50. The van der Waals surface area contributed by atoms with Crippen LogP contribution < -0.4 is 4.74 Å². The number of carbonyl (C=O) groups excluding carboxylic acids is 1. The Labute approximate surface area is 232 Å². The molecule has 0 saturated heterocycles. The van der Waals surface area contributed by atoms with Gasteiger partial charge < -0.3 is 14.7 Å². The van der Waals surface area contributed by atoms with Gasteiger partial charge in [0.05, 0.1) is 24.8 Å². The van der Waals surface area contributed by atoms with Gasteiger partial charge in [-0.25, -0.2) is 22.2 Å². The van der Waals surface area contributed by atoms with Crippen molar-refractivity contribution in [3.8, 4) is 17.7 Å². The summed E-state index contributed by atoms with van der Waals surface area (Å²) in [5, 5.41) is 9.84. The summed E-state index contributed by atoms with van der Waals surface area (Å²) in [6.07, 6.45) is 0.595. The van der Waals surface area contributed by atoms with Gasteiger partial charge >= 0.3 is 0 Å². The lowest BCUT2D eigenvalue weighted by atomic mass is 10.0. The molecular formula is C29H29F2N3O5S. The van der Waals surface area contributed by atoms with Crippen molar-refractivity contribution in [3.63, 3.8) is 0 Å². The van der Waals surface area contributed by atoms with Crippen LogP contribution in [0, 0.1) is 29.4 Å². The minimum atomic E-state index is -4.19. The van der Waals surface area contributed by atoms with Gasteiger partial charge in [0.1, 0.15) is 28.2 Å². The fourth-order valence-electron chi connectivity index (χ4n) is 4.26. The second-order valence-corrected chi connectivity index (χ2v) is 11.7. The van der Waals surface area contributed by atoms with Crippen LogP contribution in [-0.2, 0) is 10.0 Å². The van der Waals surface area contributed by atoms with Gasteiger partial charge in [-0.05, 0) is 37.3 Å². The Hall–Kier alpha value is -3.85. The van der Waals surface area contributed by atoms with E-state index in [0.29, 0.717) is 5.56 Å². The topological polar surface area (TPSA) is 100 Å². The Kier molecular flexibility index (Phi) is 8.83. The zero-order valence-electron chi connectivity index (χ0n) is 22.2. The van der Waals surface area contributed by atoms with Crippen LogP contribution >= 0.6 is 0 Å². The SMILES string of the molecule is C[C@@H]1CN([C@H](C)CO)C(=O)c2cc(C#Cc3ccccc3F)cnc2O[C@H]1CN(C)S(=O)(=O)c1ccccc1F. The molecule has 0 unspecified atom stereocenters. The predicted molar refractivity (Wildman–Crippen MR) is 144 cm³/mol. The van der Waals surface area contributed by atoms with Crippen molar-refractivity contribution in [2.75, 3.05) is 26.7 Å². The summed E-state index contributed by atoms with van der Waals surface area (Å²) in [6.45, 7) is 3.15. The van der Waals surface area contributed by atoms with E-state index in [9.17, 15) is 27.1 Å². The fourth-order valence-corrected chi connectivity index (χ4v) is 5.51. The summed E-state index contributed by atoms with van der Waals surface area (Å²) in [5.41, 5.74) is 0.581. The largest absolute Gasteiger partial charge is 0.472 e. The summed E-state index contributed by atoms with van der Waals surface area (Å²) in [6, 6.07) is 12.0. The van der Waals surface area contributed by atoms with Crippen molar-refractivity contribution in [1.29, 1.82) is 0 Å². The molecule has 8 nitrogen and oxygen atoms in total. The van der Waals surface area contributed by atoms with Gasteiger partial charge in [-0.1, -0.05) is 43.0 Å². The van der Waals surface area contributed by atoms with E-state index >= 15 is 0 Å². The van der Waals surface area contributed by atoms with Crippen LogP contribution in [0.25, 0.3) is 0 Å². The van der Waals surface area contributed by atoms with Gasteiger partial charge in [0.2, 0.25) is 15.9 Å². The minimum absolute atomic E-state index is 0.0372. The maximum atomic E-state index is 14.3. The first-order chi connectivity index (χ1) is 19.0. The number of benzene rings is 2. The average Bonchev–Trinajstić information content (AvgIpc) is 2.94. The number of amides is 1. The molecule has 40 heavy (non-hydrogen) atoms. The van der Waals surface area contributed by atoms with E-state index in [1.807, 2.05) is 0 Å². The Morgan fingerprint density at radius 3 is 2.50 bits per heavy atom. The van der Waals surface area contributed by atoms with Crippen molar-refractivity contribution in [2.24, 2.45) is 5.92 Å². The third-order valence-electron chi connectivity index (χ3n) is 6.70. The van der Waals surface area contributed by atoms with Gasteiger partial charge in [0, 0.05) is 31.3 Å². The van der Waals surface area contributed by atoms with Crippen molar-refractivity contribution in [3.05, 3.63) is 89.1 Å². The summed E-state index contributed by atoms with van der Waals surface area (Å²) in [7, 11) is -2.87. The number of carbonyl (C=O) groups is 1. The predicted octanol–water partition coefficient (Wildman–Crippen LogP) is 3.30. The van der Waals surface area contributed by atoms with Crippen LogP contribution in [0.4, 0.5) is 8.78 Å². The summed E-state index contributed by atoms with van der Waals surface area (Å²) in [4.78, 5) is 18.9. The van der Waals surface area contributed by atoms with Crippen LogP contribution in [0.15, 0.2) is 65.7 Å². The molecule has 3 atom stereocenters. The molecule has 1 amide bonds. The molecule has 11 heteroatoms. The smallest absolute Gasteiger partial charge is 0.259 e. The molecule has 4 rings (SSSR count). The maximum Gasteiger partial charge on any atom is 0.259 e. The molecular weight excluding hydrogens is 540 g/mol.